The van der Waals surface area contributed by atoms with Gasteiger partial charge in [0.15, 0.2) is 0 Å². The van der Waals surface area contributed by atoms with Crippen LogP contribution in [0.15, 0.2) is 6.20 Å². The third kappa shape index (κ3) is 2.66. The van der Waals surface area contributed by atoms with Gasteiger partial charge in [-0.25, -0.2) is 0 Å². The number of hydrogen-bond acceptors (Lipinski definition) is 3. The summed E-state index contributed by atoms with van der Waals surface area (Å²) in [5.74, 6) is 0.659. The summed E-state index contributed by atoms with van der Waals surface area (Å²) in [5.41, 5.74) is 2.18. The number of nitrogens with zero attached hydrogens (tertiary/aromatic N) is 2. The molecule has 1 saturated heterocycles. The summed E-state index contributed by atoms with van der Waals surface area (Å²) in [4.78, 5) is 11.6. The molecule has 0 aliphatic carbocycles. The molecule has 0 aromatic carbocycles. The molecule has 1 amide bonds. The van der Waals surface area contributed by atoms with E-state index in [1.165, 1.54) is 5.69 Å². The summed E-state index contributed by atoms with van der Waals surface area (Å²) in [5, 5.41) is 10.6. The van der Waals surface area contributed by atoms with E-state index in [4.69, 9.17) is 0 Å². The molecule has 0 bridgehead atoms. The molecule has 0 radical (unpaired) electrons. The van der Waals surface area contributed by atoms with Crippen LogP contribution < -0.4 is 10.6 Å². The molecule has 5 heteroatoms. The summed E-state index contributed by atoms with van der Waals surface area (Å²) >= 11 is 0. The molecule has 1 atom stereocenters. The maximum absolute atomic E-state index is 11.6. The Bertz CT molecular complexity index is 425. The summed E-state index contributed by atoms with van der Waals surface area (Å²) < 4.78 is 2.04. The highest BCUT2D eigenvalue weighted by atomic mass is 16.2. The van der Waals surface area contributed by atoms with Gasteiger partial charge in [-0.15, -0.1) is 0 Å². The normalized spacial score (nSPS) is 19.3. The van der Waals surface area contributed by atoms with Gasteiger partial charge < -0.3 is 10.6 Å². The van der Waals surface area contributed by atoms with Gasteiger partial charge in [0.2, 0.25) is 5.91 Å². The number of carbonyl (C=O) groups is 1. The quantitative estimate of drug-likeness (QED) is 0.830. The monoisotopic (exact) mass is 250 g/mol. The van der Waals surface area contributed by atoms with Gasteiger partial charge in [-0.2, -0.15) is 5.10 Å². The molecule has 1 aromatic rings. The van der Waals surface area contributed by atoms with E-state index in [1.807, 2.05) is 10.9 Å². The van der Waals surface area contributed by atoms with Crippen LogP contribution in [0.5, 0.6) is 0 Å². The Hall–Kier alpha value is -1.52. The fourth-order valence-electron chi connectivity index (χ4n) is 2.33. The second kappa shape index (κ2) is 5.42. The zero-order valence-corrected chi connectivity index (χ0v) is 11.4. The van der Waals surface area contributed by atoms with Crippen molar-refractivity contribution in [2.45, 2.75) is 46.2 Å². The van der Waals surface area contributed by atoms with E-state index in [9.17, 15) is 4.79 Å². The van der Waals surface area contributed by atoms with Crippen LogP contribution in [0.2, 0.25) is 0 Å². The number of nitrogens with one attached hydrogen (secondary N) is 2. The highest BCUT2D eigenvalue weighted by Crippen LogP contribution is 2.19. The Labute approximate surface area is 108 Å². The van der Waals surface area contributed by atoms with Gasteiger partial charge in [-0.05, 0) is 18.8 Å². The molecule has 2 N–H and O–H groups in total. The van der Waals surface area contributed by atoms with Gasteiger partial charge in [-0.3, -0.25) is 9.48 Å². The van der Waals surface area contributed by atoms with Crippen LogP contribution >= 0.6 is 0 Å². The first-order valence-electron chi connectivity index (χ1n) is 6.70. The first kappa shape index (κ1) is 12.9. The van der Waals surface area contributed by atoms with Crippen LogP contribution in [-0.4, -0.2) is 28.3 Å². The largest absolute Gasteiger partial charge is 0.371 e. The first-order valence-corrected chi connectivity index (χ1v) is 6.70. The van der Waals surface area contributed by atoms with Crippen molar-refractivity contribution in [1.82, 2.24) is 15.1 Å². The van der Waals surface area contributed by atoms with E-state index in [2.05, 4.69) is 36.5 Å². The summed E-state index contributed by atoms with van der Waals surface area (Å²) in [7, 11) is 0. The maximum Gasteiger partial charge on any atom is 0.242 e. The van der Waals surface area contributed by atoms with Gasteiger partial charge in [-0.1, -0.05) is 20.8 Å². The topological polar surface area (TPSA) is 58.9 Å². The minimum absolute atomic E-state index is 0.0914. The van der Waals surface area contributed by atoms with Gasteiger partial charge in [0.25, 0.3) is 0 Å². The second-order valence-corrected chi connectivity index (χ2v) is 5.21. The molecule has 2 rings (SSSR count). The van der Waals surface area contributed by atoms with E-state index >= 15 is 0 Å². The molecular formula is C13H22N4O. The Balaban J connectivity index is 2.12. The SMILES string of the molecule is CCc1c(NC2CCNC2=O)cnn1CC(C)C. The van der Waals surface area contributed by atoms with Crippen LogP contribution in [0.25, 0.3) is 0 Å². The van der Waals surface area contributed by atoms with Crippen molar-refractivity contribution in [1.29, 1.82) is 0 Å². The summed E-state index contributed by atoms with van der Waals surface area (Å²) in [6.07, 6.45) is 3.60. The molecule has 1 unspecified atom stereocenters. The Morgan fingerprint density at radius 3 is 2.94 bits per heavy atom. The fraction of sp³-hybridized carbons (Fsp3) is 0.692. The fourth-order valence-corrected chi connectivity index (χ4v) is 2.33. The van der Waals surface area contributed by atoms with Gasteiger partial charge in [0.1, 0.15) is 6.04 Å². The standard InChI is InChI=1S/C13H22N4O/c1-4-12-11(7-15-17(12)8-9(2)3)16-10-5-6-14-13(10)18/h7,9-10,16H,4-6,8H2,1-3H3,(H,14,18). The van der Waals surface area contributed by atoms with Crippen molar-refractivity contribution >= 4 is 11.6 Å². The van der Waals surface area contributed by atoms with Crippen molar-refractivity contribution < 1.29 is 4.79 Å². The first-order chi connectivity index (χ1) is 8.61. The van der Waals surface area contributed by atoms with Crippen molar-refractivity contribution in [3.05, 3.63) is 11.9 Å². The van der Waals surface area contributed by atoms with Gasteiger partial charge in [0, 0.05) is 13.1 Å². The molecule has 100 valence electrons. The minimum Gasteiger partial charge on any atom is -0.371 e. The Morgan fingerprint density at radius 1 is 1.61 bits per heavy atom. The summed E-state index contributed by atoms with van der Waals surface area (Å²) in [6.45, 7) is 8.16. The lowest BCUT2D eigenvalue weighted by Gasteiger charge is -2.13. The lowest BCUT2D eigenvalue weighted by atomic mass is 10.2. The molecule has 1 fully saturated rings. The van der Waals surface area contributed by atoms with E-state index < -0.39 is 0 Å². The molecule has 18 heavy (non-hydrogen) atoms. The number of aromatic nitrogens is 2. The lowest BCUT2D eigenvalue weighted by molar-refractivity contribution is -0.119. The number of rotatable bonds is 5. The average Bonchev–Trinajstić information content (AvgIpc) is 2.87. The third-order valence-corrected chi connectivity index (χ3v) is 3.20. The molecule has 0 spiro atoms. The number of carbonyl (C=O) groups excluding carboxylic acids is 1. The van der Waals surface area contributed by atoms with Crippen molar-refractivity contribution in [3.63, 3.8) is 0 Å². The highest BCUT2D eigenvalue weighted by molar-refractivity contribution is 5.86. The van der Waals surface area contributed by atoms with Gasteiger partial charge >= 0.3 is 0 Å². The van der Waals surface area contributed by atoms with Crippen molar-refractivity contribution in [2.75, 3.05) is 11.9 Å². The summed E-state index contributed by atoms with van der Waals surface area (Å²) in [6, 6.07) is -0.105. The van der Waals surface area contributed by atoms with E-state index in [1.54, 1.807) is 0 Å². The Kier molecular flexibility index (Phi) is 3.89. The van der Waals surface area contributed by atoms with Crippen LogP contribution in [0.3, 0.4) is 0 Å². The Morgan fingerprint density at radius 2 is 2.39 bits per heavy atom. The van der Waals surface area contributed by atoms with E-state index in [0.717, 1.165) is 31.6 Å². The van der Waals surface area contributed by atoms with Crippen LogP contribution in [-0.2, 0) is 17.8 Å². The van der Waals surface area contributed by atoms with Crippen LogP contribution in [0, 0.1) is 5.92 Å². The van der Waals surface area contributed by atoms with Gasteiger partial charge in [0.05, 0.1) is 17.6 Å². The zero-order chi connectivity index (χ0) is 13.1. The molecule has 2 heterocycles. The number of anilines is 1. The smallest absolute Gasteiger partial charge is 0.242 e. The molecule has 1 aliphatic heterocycles. The molecule has 1 aromatic heterocycles. The lowest BCUT2D eigenvalue weighted by Crippen LogP contribution is -2.29. The highest BCUT2D eigenvalue weighted by Gasteiger charge is 2.25. The van der Waals surface area contributed by atoms with E-state index in [0.29, 0.717) is 5.92 Å². The molecule has 1 aliphatic rings. The maximum atomic E-state index is 11.6. The van der Waals surface area contributed by atoms with Crippen molar-refractivity contribution in [3.8, 4) is 0 Å². The minimum atomic E-state index is -0.105. The predicted molar refractivity (Wildman–Crippen MR) is 71.5 cm³/mol. The van der Waals surface area contributed by atoms with Crippen LogP contribution in [0.4, 0.5) is 5.69 Å². The number of hydrogen-bond donors (Lipinski definition) is 2. The molecular weight excluding hydrogens is 228 g/mol. The van der Waals surface area contributed by atoms with Crippen LogP contribution in [0.1, 0.15) is 32.9 Å². The number of amides is 1. The average molecular weight is 250 g/mol. The van der Waals surface area contributed by atoms with Crippen molar-refractivity contribution in [2.24, 2.45) is 5.92 Å². The molecule has 5 nitrogen and oxygen atoms in total. The zero-order valence-electron chi connectivity index (χ0n) is 11.4. The molecule has 0 saturated carbocycles. The van der Waals surface area contributed by atoms with E-state index in [-0.39, 0.29) is 11.9 Å². The third-order valence-electron chi connectivity index (χ3n) is 3.20. The predicted octanol–water partition coefficient (Wildman–Crippen LogP) is 1.40. The second-order valence-electron chi connectivity index (χ2n) is 5.21.